The monoisotopic (exact) mass is 442 g/mol. The Hall–Kier alpha value is -3.39. The molecule has 0 aromatic heterocycles. The van der Waals surface area contributed by atoms with Crippen molar-refractivity contribution in [2.45, 2.75) is 31.3 Å². The minimum atomic E-state index is -3.97. The SMILES string of the molecule is CCC(Oc1cccc(C)c1)C(=O)Nc1ccc(S(=O)(=O)Nc2ccccc2F)cc1. The maximum absolute atomic E-state index is 13.7. The number of sulfonamides is 1. The van der Waals surface area contributed by atoms with Crippen LogP contribution in [0.15, 0.2) is 77.7 Å². The van der Waals surface area contributed by atoms with Gasteiger partial charge in [-0.1, -0.05) is 31.2 Å². The van der Waals surface area contributed by atoms with E-state index in [1.807, 2.05) is 32.0 Å². The third kappa shape index (κ3) is 5.82. The van der Waals surface area contributed by atoms with E-state index in [-0.39, 0.29) is 16.5 Å². The van der Waals surface area contributed by atoms with Crippen LogP contribution in [0.1, 0.15) is 18.9 Å². The third-order valence-electron chi connectivity index (χ3n) is 4.48. The van der Waals surface area contributed by atoms with Gasteiger partial charge in [0.1, 0.15) is 11.6 Å². The van der Waals surface area contributed by atoms with E-state index < -0.39 is 21.9 Å². The first-order chi connectivity index (χ1) is 14.8. The Bertz CT molecular complexity index is 1160. The fraction of sp³-hybridized carbons (Fsp3) is 0.174. The smallest absolute Gasteiger partial charge is 0.265 e. The normalized spacial score (nSPS) is 12.1. The largest absolute Gasteiger partial charge is 0.481 e. The molecule has 0 saturated carbocycles. The van der Waals surface area contributed by atoms with E-state index >= 15 is 0 Å². The highest BCUT2D eigenvalue weighted by atomic mass is 32.2. The van der Waals surface area contributed by atoms with Crippen LogP contribution in [0, 0.1) is 12.7 Å². The second-order valence-electron chi connectivity index (χ2n) is 6.93. The van der Waals surface area contributed by atoms with Crippen molar-refractivity contribution in [2.24, 2.45) is 0 Å². The lowest BCUT2D eigenvalue weighted by Gasteiger charge is -2.18. The fourth-order valence-corrected chi connectivity index (χ4v) is 3.93. The topological polar surface area (TPSA) is 84.5 Å². The number of para-hydroxylation sites is 1. The van der Waals surface area contributed by atoms with Gasteiger partial charge in [0.25, 0.3) is 15.9 Å². The number of ether oxygens (including phenoxy) is 1. The summed E-state index contributed by atoms with van der Waals surface area (Å²) in [6.45, 7) is 3.77. The van der Waals surface area contributed by atoms with Gasteiger partial charge in [0.05, 0.1) is 10.6 Å². The number of carbonyl (C=O) groups is 1. The summed E-state index contributed by atoms with van der Waals surface area (Å²) < 4.78 is 46.7. The van der Waals surface area contributed by atoms with Gasteiger partial charge in [-0.25, -0.2) is 12.8 Å². The molecule has 0 aliphatic rings. The van der Waals surface area contributed by atoms with E-state index in [0.29, 0.717) is 17.9 Å². The van der Waals surface area contributed by atoms with Gasteiger partial charge in [-0.3, -0.25) is 9.52 Å². The highest BCUT2D eigenvalue weighted by Crippen LogP contribution is 2.21. The molecule has 3 rings (SSSR count). The van der Waals surface area contributed by atoms with Crippen molar-refractivity contribution in [3.05, 3.63) is 84.2 Å². The molecule has 0 aliphatic carbocycles. The molecular formula is C23H23FN2O4S. The average molecular weight is 443 g/mol. The number of rotatable bonds is 8. The zero-order valence-corrected chi connectivity index (χ0v) is 17.9. The van der Waals surface area contributed by atoms with Gasteiger partial charge in [-0.15, -0.1) is 0 Å². The Morgan fingerprint density at radius 2 is 1.74 bits per heavy atom. The van der Waals surface area contributed by atoms with Crippen molar-refractivity contribution in [2.75, 3.05) is 10.0 Å². The lowest BCUT2D eigenvalue weighted by atomic mass is 10.2. The number of benzene rings is 3. The number of anilines is 2. The highest BCUT2D eigenvalue weighted by Gasteiger charge is 2.20. The summed E-state index contributed by atoms with van der Waals surface area (Å²) in [7, 11) is -3.97. The second-order valence-corrected chi connectivity index (χ2v) is 8.61. The van der Waals surface area contributed by atoms with E-state index in [1.54, 1.807) is 6.07 Å². The molecule has 1 unspecified atom stereocenters. The minimum Gasteiger partial charge on any atom is -0.481 e. The second kappa shape index (κ2) is 9.61. The van der Waals surface area contributed by atoms with Crippen LogP contribution in [0.2, 0.25) is 0 Å². The molecule has 6 nitrogen and oxygen atoms in total. The Labute approximate surface area is 181 Å². The van der Waals surface area contributed by atoms with Gasteiger partial charge in [0, 0.05) is 5.69 Å². The van der Waals surface area contributed by atoms with E-state index in [0.717, 1.165) is 5.56 Å². The predicted molar refractivity (Wildman–Crippen MR) is 118 cm³/mol. The number of hydrogen-bond donors (Lipinski definition) is 2. The zero-order chi connectivity index (χ0) is 22.4. The number of nitrogens with one attached hydrogen (secondary N) is 2. The molecule has 31 heavy (non-hydrogen) atoms. The molecule has 3 aromatic carbocycles. The Kier molecular flexibility index (Phi) is 6.91. The molecule has 8 heteroatoms. The maximum atomic E-state index is 13.7. The molecule has 0 aliphatic heterocycles. The van der Waals surface area contributed by atoms with Gasteiger partial charge in [-0.05, 0) is 67.4 Å². The first-order valence-corrected chi connectivity index (χ1v) is 11.2. The summed E-state index contributed by atoms with van der Waals surface area (Å²) in [5.41, 5.74) is 1.30. The first-order valence-electron chi connectivity index (χ1n) is 9.70. The first kappa shape index (κ1) is 22.3. The average Bonchev–Trinajstić information content (AvgIpc) is 2.74. The molecular weight excluding hydrogens is 419 g/mol. The molecule has 0 radical (unpaired) electrons. The molecule has 3 aromatic rings. The molecule has 2 N–H and O–H groups in total. The molecule has 0 saturated heterocycles. The van der Waals surface area contributed by atoms with E-state index in [4.69, 9.17) is 4.74 Å². The van der Waals surface area contributed by atoms with Crippen LogP contribution >= 0.6 is 0 Å². The maximum Gasteiger partial charge on any atom is 0.265 e. The van der Waals surface area contributed by atoms with Gasteiger partial charge >= 0.3 is 0 Å². The molecule has 0 bridgehead atoms. The summed E-state index contributed by atoms with van der Waals surface area (Å²) in [6.07, 6.45) is -0.244. The third-order valence-corrected chi connectivity index (χ3v) is 5.86. The summed E-state index contributed by atoms with van der Waals surface area (Å²) in [5, 5.41) is 2.73. The van der Waals surface area contributed by atoms with E-state index in [1.165, 1.54) is 48.5 Å². The van der Waals surface area contributed by atoms with E-state index in [2.05, 4.69) is 10.0 Å². The standard InChI is InChI=1S/C23H23FN2O4S/c1-3-22(30-18-8-6-7-16(2)15-18)23(27)25-17-11-13-19(14-12-17)31(28,29)26-21-10-5-4-9-20(21)24/h4-15,22,26H,3H2,1-2H3,(H,25,27). The van der Waals surface area contributed by atoms with Gasteiger partial charge < -0.3 is 10.1 Å². The van der Waals surface area contributed by atoms with Crippen LogP contribution < -0.4 is 14.8 Å². The zero-order valence-electron chi connectivity index (χ0n) is 17.1. The van der Waals surface area contributed by atoms with Crippen molar-refractivity contribution in [3.63, 3.8) is 0 Å². The number of halogens is 1. The Morgan fingerprint density at radius 3 is 2.39 bits per heavy atom. The van der Waals surface area contributed by atoms with Gasteiger partial charge in [0.2, 0.25) is 0 Å². The molecule has 0 fully saturated rings. The van der Waals surface area contributed by atoms with Crippen molar-refractivity contribution in [3.8, 4) is 5.75 Å². The Balaban J connectivity index is 1.67. The molecule has 0 spiro atoms. The molecule has 1 amide bonds. The molecule has 162 valence electrons. The van der Waals surface area contributed by atoms with Crippen LogP contribution in [0.3, 0.4) is 0 Å². The number of amides is 1. The van der Waals surface area contributed by atoms with Gasteiger partial charge in [0.15, 0.2) is 6.10 Å². The van der Waals surface area contributed by atoms with Crippen LogP contribution in [-0.4, -0.2) is 20.4 Å². The van der Waals surface area contributed by atoms with Crippen LogP contribution in [0.25, 0.3) is 0 Å². The summed E-state index contributed by atoms with van der Waals surface area (Å²) in [6, 6.07) is 18.5. The molecule has 1 atom stereocenters. The van der Waals surface area contributed by atoms with Crippen LogP contribution in [-0.2, 0) is 14.8 Å². The molecule has 0 heterocycles. The fourth-order valence-electron chi connectivity index (χ4n) is 2.86. The van der Waals surface area contributed by atoms with Crippen molar-refractivity contribution >= 4 is 27.3 Å². The lowest BCUT2D eigenvalue weighted by molar-refractivity contribution is -0.122. The highest BCUT2D eigenvalue weighted by molar-refractivity contribution is 7.92. The lowest BCUT2D eigenvalue weighted by Crippen LogP contribution is -2.32. The van der Waals surface area contributed by atoms with Crippen molar-refractivity contribution < 1.29 is 22.3 Å². The minimum absolute atomic E-state index is 0.0585. The van der Waals surface area contributed by atoms with Gasteiger partial charge in [-0.2, -0.15) is 0 Å². The Morgan fingerprint density at radius 1 is 1.03 bits per heavy atom. The summed E-state index contributed by atoms with van der Waals surface area (Å²) in [5.74, 6) is -0.416. The predicted octanol–water partition coefficient (Wildman–Crippen LogP) is 4.73. The summed E-state index contributed by atoms with van der Waals surface area (Å²) >= 11 is 0. The number of carbonyl (C=O) groups excluding carboxylic acids is 1. The summed E-state index contributed by atoms with van der Waals surface area (Å²) in [4.78, 5) is 12.5. The number of aryl methyl sites for hydroxylation is 1. The van der Waals surface area contributed by atoms with Crippen molar-refractivity contribution in [1.29, 1.82) is 0 Å². The van der Waals surface area contributed by atoms with Crippen LogP contribution in [0.4, 0.5) is 15.8 Å². The van der Waals surface area contributed by atoms with Crippen molar-refractivity contribution in [1.82, 2.24) is 0 Å². The quantitative estimate of drug-likeness (QED) is 0.528. The van der Waals surface area contributed by atoms with E-state index in [9.17, 15) is 17.6 Å². The van der Waals surface area contributed by atoms with Crippen LogP contribution in [0.5, 0.6) is 5.75 Å². The number of hydrogen-bond acceptors (Lipinski definition) is 4.